The van der Waals surface area contributed by atoms with Gasteiger partial charge in [-0.05, 0) is 179 Å². The Morgan fingerprint density at radius 2 is 1.43 bits per heavy atom. The summed E-state index contributed by atoms with van der Waals surface area (Å²) in [5.41, 5.74) is 4.15. The molecular weight excluding hydrogens is 921 g/mol. The highest BCUT2D eigenvalue weighted by atomic mass is 32.2. The molecule has 0 spiro atoms. The number of piperidine rings is 1. The second-order valence-corrected chi connectivity index (χ2v) is 23.1. The smallest absolute Gasteiger partial charge is 0.422 e. The number of carbonyl (C=O) groups excluding carboxylic acids is 3. The summed E-state index contributed by atoms with van der Waals surface area (Å²) in [5, 5.41) is 30.9. The molecule has 1 saturated heterocycles. The third kappa shape index (κ3) is 10.2. The van der Waals surface area contributed by atoms with Crippen LogP contribution in [0.2, 0.25) is 0 Å². The predicted octanol–water partition coefficient (Wildman–Crippen LogP) is 8.06. The van der Waals surface area contributed by atoms with Gasteiger partial charge in [-0.3, -0.25) is 9.69 Å². The van der Waals surface area contributed by atoms with Crippen molar-refractivity contribution in [1.82, 2.24) is 24.1 Å². The van der Waals surface area contributed by atoms with Crippen LogP contribution in [0.25, 0.3) is 11.1 Å². The molecule has 18 heteroatoms. The molecule has 1 unspecified atom stereocenters. The molecular formula is C52H63F2N7O8S. The number of halogens is 2. The van der Waals surface area contributed by atoms with Crippen molar-refractivity contribution in [2.45, 2.75) is 147 Å². The summed E-state index contributed by atoms with van der Waals surface area (Å²) in [7, 11) is -4.06. The summed E-state index contributed by atoms with van der Waals surface area (Å²) in [4.78, 5) is 41.8. The van der Waals surface area contributed by atoms with E-state index in [9.17, 15) is 33.0 Å². The first-order valence-corrected chi connectivity index (χ1v) is 25.6. The highest BCUT2D eigenvalue weighted by Gasteiger charge is 2.51. The number of urea groups is 1. The van der Waals surface area contributed by atoms with E-state index in [2.05, 4.69) is 28.1 Å². The fourth-order valence-electron chi connectivity index (χ4n) is 11.1. The minimum Gasteiger partial charge on any atom is -0.443 e. The third-order valence-corrected chi connectivity index (χ3v) is 16.5. The zero-order valence-electron chi connectivity index (χ0n) is 40.3. The van der Waals surface area contributed by atoms with Gasteiger partial charge in [0.1, 0.15) is 22.8 Å². The van der Waals surface area contributed by atoms with Crippen molar-refractivity contribution in [3.05, 3.63) is 118 Å². The van der Waals surface area contributed by atoms with E-state index >= 15 is 8.78 Å². The number of nitrogens with zero attached hydrogens (tertiary/aromatic N) is 3. The molecule has 3 heterocycles. The summed E-state index contributed by atoms with van der Waals surface area (Å²) in [5.74, 6) is -1.34. The van der Waals surface area contributed by atoms with Crippen molar-refractivity contribution in [1.29, 1.82) is 0 Å². The average Bonchev–Trinajstić information content (AvgIpc) is 3.94. The van der Waals surface area contributed by atoms with E-state index in [0.717, 1.165) is 49.7 Å². The zero-order chi connectivity index (χ0) is 50.0. The van der Waals surface area contributed by atoms with Gasteiger partial charge in [0.25, 0.3) is 5.91 Å². The summed E-state index contributed by atoms with van der Waals surface area (Å²) < 4.78 is 65.4. The minimum atomic E-state index is -4.06. The van der Waals surface area contributed by atoms with E-state index < -0.39 is 45.5 Å². The largest absolute Gasteiger partial charge is 0.443 e. The van der Waals surface area contributed by atoms with Gasteiger partial charge in [0.15, 0.2) is 6.35 Å². The predicted molar refractivity (Wildman–Crippen MR) is 260 cm³/mol. The molecule has 15 nitrogen and oxygen atoms in total. The number of anilines is 2. The number of benzene rings is 4. The molecule has 1 atom stereocenters. The fourth-order valence-corrected chi connectivity index (χ4v) is 12.1. The highest BCUT2D eigenvalue weighted by molar-refractivity contribution is 7.87. The lowest BCUT2D eigenvalue weighted by molar-refractivity contribution is -0.140. The quantitative estimate of drug-likeness (QED) is 0.0802. The lowest BCUT2D eigenvalue weighted by atomic mass is 9.55. The maximum absolute atomic E-state index is 16.1. The molecule has 70 heavy (non-hydrogen) atoms. The Hall–Kier alpha value is -5.66. The van der Waals surface area contributed by atoms with Gasteiger partial charge < -0.3 is 35.8 Å². The van der Waals surface area contributed by atoms with E-state index in [4.69, 9.17) is 4.74 Å². The van der Waals surface area contributed by atoms with Gasteiger partial charge >= 0.3 is 22.3 Å². The Balaban J connectivity index is 0.804. The number of aliphatic hydroxyl groups is 2. The lowest BCUT2D eigenvalue weighted by Crippen LogP contribution is -2.60. The molecule has 2 bridgehead atoms. The average molecular weight is 984 g/mol. The first kappa shape index (κ1) is 49.3. The van der Waals surface area contributed by atoms with Crippen LogP contribution in [0.15, 0.2) is 72.8 Å². The van der Waals surface area contributed by atoms with Gasteiger partial charge in [-0.15, -0.1) is 0 Å². The number of amides is 4. The van der Waals surface area contributed by atoms with Crippen LogP contribution in [0.4, 0.5) is 29.7 Å². The normalized spacial score (nSPS) is 22.3. The monoisotopic (exact) mass is 983 g/mol. The Morgan fingerprint density at radius 3 is 2.06 bits per heavy atom. The maximum Gasteiger partial charge on any atom is 0.422 e. The van der Waals surface area contributed by atoms with Crippen LogP contribution in [0.3, 0.4) is 0 Å². The van der Waals surface area contributed by atoms with E-state index in [1.807, 2.05) is 41.1 Å². The van der Waals surface area contributed by atoms with E-state index in [1.165, 1.54) is 41.9 Å². The standard InChI is InChI=1S/C52H63F2N7O8S/c1-49(2,3)69-48(65)58-70(67,68)61-24-16-33(17-25-61)32-6-11-38(12-7-32)55-47(64)60-29-35-26-37(53)27-40(41(35)30-60)44-42-31-59(28-34(42)8-15-43(44)54)46(63)56-39-13-9-36(10-14-39)51-18-21-52(22-19-51,23-20-51)57-45(62)50(4,5)66/h6-15,26-27,33,47,55,64,66H,16-25,28-31H2,1-5H3,(H,56,63)(H,57,62)(H,58,65). The van der Waals surface area contributed by atoms with E-state index in [-0.39, 0.29) is 73.6 Å². The van der Waals surface area contributed by atoms with Gasteiger partial charge in [-0.25, -0.2) is 23.1 Å². The first-order valence-electron chi connectivity index (χ1n) is 24.1. The van der Waals surface area contributed by atoms with Crippen LogP contribution >= 0.6 is 0 Å². The molecule has 6 N–H and O–H groups in total. The van der Waals surface area contributed by atoms with Crippen molar-refractivity contribution < 1.29 is 46.5 Å². The number of nitrogens with one attached hydrogen (secondary N) is 4. The molecule has 6 aliphatic rings. The molecule has 4 aromatic rings. The highest BCUT2D eigenvalue weighted by Crippen LogP contribution is 2.54. The Labute approximate surface area is 408 Å². The second kappa shape index (κ2) is 18.5. The summed E-state index contributed by atoms with van der Waals surface area (Å²) in [6, 6.07) is 20.9. The number of carbonyl (C=O) groups is 3. The Kier molecular flexibility index (Phi) is 13.0. The van der Waals surface area contributed by atoms with Crippen LogP contribution in [0.5, 0.6) is 0 Å². The molecule has 4 amide bonds. The van der Waals surface area contributed by atoms with Crippen LogP contribution in [-0.4, -0.2) is 86.9 Å². The van der Waals surface area contributed by atoms with Gasteiger partial charge in [-0.1, -0.05) is 30.3 Å². The van der Waals surface area contributed by atoms with Gasteiger partial charge in [-0.2, -0.15) is 12.7 Å². The Bertz CT molecular complexity index is 2760. The summed E-state index contributed by atoms with van der Waals surface area (Å²) in [6.45, 7) is 9.16. The molecule has 374 valence electrons. The van der Waals surface area contributed by atoms with Crippen LogP contribution in [-0.2, 0) is 51.3 Å². The van der Waals surface area contributed by atoms with Crippen molar-refractivity contribution in [3.63, 3.8) is 0 Å². The lowest BCUT2D eigenvalue weighted by Gasteiger charge is -2.54. The second-order valence-electron chi connectivity index (χ2n) is 21.4. The topological polar surface area (TPSA) is 193 Å². The number of rotatable bonds is 11. The zero-order valence-corrected chi connectivity index (χ0v) is 41.1. The summed E-state index contributed by atoms with van der Waals surface area (Å²) >= 11 is 0. The minimum absolute atomic E-state index is 0.0125. The maximum atomic E-state index is 16.1. The van der Waals surface area contributed by atoms with Crippen molar-refractivity contribution >= 4 is 39.6 Å². The number of hydrogen-bond acceptors (Lipinski definition) is 10. The molecule has 3 aliphatic carbocycles. The van der Waals surface area contributed by atoms with Gasteiger partial charge in [0.05, 0.1) is 0 Å². The van der Waals surface area contributed by atoms with Crippen LogP contribution in [0.1, 0.15) is 125 Å². The SMILES string of the molecule is CC(C)(C)OC(=O)NS(=O)(=O)N1CCC(c2ccc(NC(O)N3Cc4cc(F)cc(-c5c(F)ccc6c5CN(C(=O)Nc5ccc(C78CCC(NC(=O)C(C)(C)O)(CC7)CC8)cc5)C6)c4C3)cc2)CC1. The van der Waals surface area contributed by atoms with E-state index in [0.29, 0.717) is 46.5 Å². The molecule has 10 rings (SSSR count). The molecule has 4 aromatic carbocycles. The molecule has 3 saturated carbocycles. The first-order chi connectivity index (χ1) is 33.0. The van der Waals surface area contributed by atoms with Crippen molar-refractivity contribution in [2.24, 2.45) is 0 Å². The van der Waals surface area contributed by atoms with Crippen molar-refractivity contribution in [3.8, 4) is 11.1 Å². The number of hydrogen-bond donors (Lipinski definition) is 6. The molecule has 0 radical (unpaired) electrons. The van der Waals surface area contributed by atoms with Crippen LogP contribution < -0.4 is 20.7 Å². The number of aliphatic hydroxyl groups excluding tert-OH is 1. The molecule has 3 aliphatic heterocycles. The van der Waals surface area contributed by atoms with Crippen molar-refractivity contribution in [2.75, 3.05) is 23.7 Å². The van der Waals surface area contributed by atoms with E-state index in [1.54, 1.807) is 36.6 Å². The van der Waals surface area contributed by atoms with Gasteiger partial charge in [0.2, 0.25) is 0 Å². The molecule has 0 aromatic heterocycles. The Morgan fingerprint density at radius 1 is 0.786 bits per heavy atom. The number of fused-ring (bicyclic) bond motifs is 5. The van der Waals surface area contributed by atoms with Crippen LogP contribution in [0, 0.1) is 11.6 Å². The van der Waals surface area contributed by atoms with Gasteiger partial charge in [0, 0.05) is 61.7 Å². The fraction of sp³-hybridized carbons (Fsp3) is 0.481. The molecule has 4 fully saturated rings. The third-order valence-electron chi connectivity index (χ3n) is 15.0. The summed E-state index contributed by atoms with van der Waals surface area (Å²) in [6.07, 6.45) is 4.13. The number of ether oxygens (including phenoxy) is 1.